The zero-order valence-corrected chi connectivity index (χ0v) is 13.4. The van der Waals surface area contributed by atoms with E-state index in [1.165, 1.54) is 0 Å². The first-order valence-electron chi connectivity index (χ1n) is 7.37. The second kappa shape index (κ2) is 5.54. The van der Waals surface area contributed by atoms with Crippen molar-refractivity contribution in [2.75, 3.05) is 18.8 Å². The van der Waals surface area contributed by atoms with E-state index in [4.69, 9.17) is 4.74 Å². The second-order valence-corrected chi connectivity index (χ2v) is 9.29. The van der Waals surface area contributed by atoms with E-state index in [0.717, 1.165) is 25.7 Å². The highest BCUT2D eigenvalue weighted by Crippen LogP contribution is 2.30. The van der Waals surface area contributed by atoms with E-state index in [1.54, 1.807) is 4.90 Å². The molecule has 2 rings (SSSR count). The van der Waals surface area contributed by atoms with Gasteiger partial charge in [-0.3, -0.25) is 0 Å². The minimum absolute atomic E-state index is 0.0631. The van der Waals surface area contributed by atoms with Crippen molar-refractivity contribution < 1.29 is 17.9 Å². The van der Waals surface area contributed by atoms with Crippen molar-refractivity contribution in [3.63, 3.8) is 0 Å². The fraction of sp³-hybridized carbons (Fsp3) is 0.929. The summed E-state index contributed by atoms with van der Waals surface area (Å²) in [5.74, 6) is 0.282. The topological polar surface area (TPSA) is 63.7 Å². The van der Waals surface area contributed by atoms with Crippen LogP contribution < -0.4 is 0 Å². The number of nitrogens with zero attached hydrogens (tertiary/aromatic N) is 1. The molecule has 5 nitrogen and oxygen atoms in total. The van der Waals surface area contributed by atoms with Gasteiger partial charge in [0, 0.05) is 13.1 Å². The SMILES string of the molecule is CC(C)(C)OC(=O)N1CC[C@H](CS(=O)(=O)C2CCC2)C1. The molecule has 2 aliphatic rings. The van der Waals surface area contributed by atoms with Crippen molar-refractivity contribution in [2.24, 2.45) is 5.92 Å². The molecule has 0 aromatic carbocycles. The van der Waals surface area contributed by atoms with Gasteiger partial charge in [0.15, 0.2) is 9.84 Å². The predicted octanol–water partition coefficient (Wildman–Crippen LogP) is 2.21. The van der Waals surface area contributed by atoms with Gasteiger partial charge in [0.05, 0.1) is 11.0 Å². The van der Waals surface area contributed by atoms with Crippen LogP contribution in [0, 0.1) is 5.92 Å². The normalized spacial score (nSPS) is 24.6. The Balaban J connectivity index is 1.84. The molecule has 1 saturated carbocycles. The Bertz CT molecular complexity index is 462. The summed E-state index contributed by atoms with van der Waals surface area (Å²) >= 11 is 0. The number of hydrogen-bond donors (Lipinski definition) is 0. The Morgan fingerprint density at radius 2 is 1.90 bits per heavy atom. The Morgan fingerprint density at radius 1 is 1.25 bits per heavy atom. The third kappa shape index (κ3) is 3.87. The molecular formula is C14H25NO4S. The number of amides is 1. The molecule has 0 N–H and O–H groups in total. The maximum atomic E-state index is 12.1. The molecule has 0 bridgehead atoms. The molecule has 0 aromatic rings. The van der Waals surface area contributed by atoms with Gasteiger partial charge in [-0.15, -0.1) is 0 Å². The van der Waals surface area contributed by atoms with E-state index in [0.29, 0.717) is 13.1 Å². The summed E-state index contributed by atoms with van der Waals surface area (Å²) in [5, 5.41) is -0.127. The summed E-state index contributed by atoms with van der Waals surface area (Å²) in [6.07, 6.45) is 3.07. The van der Waals surface area contributed by atoms with Gasteiger partial charge in [0.2, 0.25) is 0 Å². The van der Waals surface area contributed by atoms with E-state index in [2.05, 4.69) is 0 Å². The van der Waals surface area contributed by atoms with E-state index in [-0.39, 0.29) is 23.0 Å². The smallest absolute Gasteiger partial charge is 0.410 e. The zero-order chi connectivity index (χ0) is 15.0. The fourth-order valence-corrected chi connectivity index (χ4v) is 4.91. The highest BCUT2D eigenvalue weighted by molar-refractivity contribution is 7.92. The van der Waals surface area contributed by atoms with Gasteiger partial charge in [-0.25, -0.2) is 13.2 Å². The Kier molecular flexibility index (Phi) is 4.33. The molecule has 1 aliphatic carbocycles. The summed E-state index contributed by atoms with van der Waals surface area (Å²) in [6.45, 7) is 6.60. The number of likely N-dealkylation sites (tertiary alicyclic amines) is 1. The summed E-state index contributed by atoms with van der Waals surface area (Å²) in [4.78, 5) is 13.6. The molecule has 20 heavy (non-hydrogen) atoms. The molecule has 0 spiro atoms. The lowest BCUT2D eigenvalue weighted by Gasteiger charge is -2.27. The Labute approximate surface area is 121 Å². The summed E-state index contributed by atoms with van der Waals surface area (Å²) in [6, 6.07) is 0. The highest BCUT2D eigenvalue weighted by Gasteiger charge is 2.36. The van der Waals surface area contributed by atoms with Gasteiger partial charge in [-0.05, 0) is 46.0 Å². The van der Waals surface area contributed by atoms with Crippen LogP contribution in [0.5, 0.6) is 0 Å². The van der Waals surface area contributed by atoms with Crippen molar-refractivity contribution in [1.82, 2.24) is 4.90 Å². The monoisotopic (exact) mass is 303 g/mol. The van der Waals surface area contributed by atoms with Gasteiger partial charge in [0.25, 0.3) is 0 Å². The molecule has 1 saturated heterocycles. The summed E-state index contributed by atoms with van der Waals surface area (Å²) in [7, 11) is -2.97. The molecule has 2 fully saturated rings. The Morgan fingerprint density at radius 3 is 2.40 bits per heavy atom. The average molecular weight is 303 g/mol. The van der Waals surface area contributed by atoms with Crippen LogP contribution in [0.2, 0.25) is 0 Å². The molecular weight excluding hydrogens is 278 g/mol. The van der Waals surface area contributed by atoms with Crippen LogP contribution >= 0.6 is 0 Å². The maximum Gasteiger partial charge on any atom is 0.410 e. The van der Waals surface area contributed by atoms with Crippen molar-refractivity contribution in [3.8, 4) is 0 Å². The van der Waals surface area contributed by atoms with Crippen molar-refractivity contribution >= 4 is 15.9 Å². The fourth-order valence-electron chi connectivity index (χ4n) is 2.66. The third-order valence-electron chi connectivity index (χ3n) is 3.97. The first-order chi connectivity index (χ1) is 9.17. The van der Waals surface area contributed by atoms with Gasteiger partial charge in [-0.2, -0.15) is 0 Å². The lowest BCUT2D eigenvalue weighted by molar-refractivity contribution is 0.0289. The second-order valence-electron chi connectivity index (χ2n) is 6.96. The molecule has 6 heteroatoms. The largest absolute Gasteiger partial charge is 0.444 e. The molecule has 0 aromatic heterocycles. The van der Waals surface area contributed by atoms with Gasteiger partial charge in [0.1, 0.15) is 5.60 Å². The third-order valence-corrected chi connectivity index (χ3v) is 6.39. The first kappa shape index (κ1) is 15.6. The van der Waals surface area contributed by atoms with Crippen LogP contribution in [-0.4, -0.2) is 49.1 Å². The number of ether oxygens (including phenoxy) is 1. The molecule has 0 unspecified atom stereocenters. The maximum absolute atomic E-state index is 12.1. The molecule has 0 radical (unpaired) electrons. The minimum atomic E-state index is -2.97. The average Bonchev–Trinajstić information content (AvgIpc) is 2.58. The van der Waals surface area contributed by atoms with Crippen LogP contribution in [0.25, 0.3) is 0 Å². The van der Waals surface area contributed by atoms with Gasteiger partial charge >= 0.3 is 6.09 Å². The van der Waals surface area contributed by atoms with Crippen LogP contribution in [0.1, 0.15) is 46.5 Å². The number of rotatable bonds is 3. The first-order valence-corrected chi connectivity index (χ1v) is 9.08. The van der Waals surface area contributed by atoms with Gasteiger partial charge in [-0.1, -0.05) is 6.42 Å². The predicted molar refractivity (Wildman–Crippen MR) is 77.3 cm³/mol. The summed E-state index contributed by atoms with van der Waals surface area (Å²) in [5.41, 5.74) is -0.507. The molecule has 1 amide bonds. The van der Waals surface area contributed by atoms with Crippen molar-refractivity contribution in [1.29, 1.82) is 0 Å². The summed E-state index contributed by atoms with van der Waals surface area (Å²) < 4.78 is 29.6. The van der Waals surface area contributed by atoms with Crippen molar-refractivity contribution in [3.05, 3.63) is 0 Å². The number of carbonyl (C=O) groups is 1. The van der Waals surface area contributed by atoms with E-state index in [1.807, 2.05) is 20.8 Å². The van der Waals surface area contributed by atoms with Crippen LogP contribution in [0.4, 0.5) is 4.79 Å². The number of sulfone groups is 1. The van der Waals surface area contributed by atoms with Crippen LogP contribution in [0.3, 0.4) is 0 Å². The quantitative estimate of drug-likeness (QED) is 0.802. The number of carbonyl (C=O) groups excluding carboxylic acids is 1. The van der Waals surface area contributed by atoms with Crippen molar-refractivity contribution in [2.45, 2.75) is 57.3 Å². The Hall–Kier alpha value is -0.780. The standard InChI is InChI=1S/C14H25NO4S/c1-14(2,3)19-13(16)15-8-7-11(9-15)10-20(17,18)12-5-4-6-12/h11-12H,4-10H2,1-3H3/t11-/m0/s1. The number of hydrogen-bond acceptors (Lipinski definition) is 4. The minimum Gasteiger partial charge on any atom is -0.444 e. The van der Waals surface area contributed by atoms with Crippen LogP contribution in [-0.2, 0) is 14.6 Å². The zero-order valence-electron chi connectivity index (χ0n) is 12.6. The van der Waals surface area contributed by atoms with Crippen LogP contribution in [0.15, 0.2) is 0 Å². The lowest BCUT2D eigenvalue weighted by Crippen LogP contribution is -2.37. The van der Waals surface area contributed by atoms with E-state index >= 15 is 0 Å². The molecule has 1 atom stereocenters. The molecule has 1 heterocycles. The van der Waals surface area contributed by atoms with Gasteiger partial charge < -0.3 is 9.64 Å². The molecule has 116 valence electrons. The highest BCUT2D eigenvalue weighted by atomic mass is 32.2. The molecule has 1 aliphatic heterocycles. The lowest BCUT2D eigenvalue weighted by atomic mass is 10.00. The van der Waals surface area contributed by atoms with E-state index in [9.17, 15) is 13.2 Å². The van der Waals surface area contributed by atoms with E-state index < -0.39 is 15.4 Å².